The average Bonchev–Trinajstić information content (AvgIpc) is 2.49. The molecule has 0 spiro atoms. The van der Waals surface area contributed by atoms with Gasteiger partial charge >= 0.3 is 0 Å². The summed E-state index contributed by atoms with van der Waals surface area (Å²) in [5.74, 6) is -0.430. The Labute approximate surface area is 83.8 Å². The first-order valence-corrected chi connectivity index (χ1v) is 4.26. The standard InChI is InChI=1S/C7H7N5OS/c8-4(13)1-12-3-11-5-6(12)9-2-10-7(5)14/h2-3H,1H2,(H2,8,13)(H,9,10,14). The maximum atomic E-state index is 10.7. The van der Waals surface area contributed by atoms with Gasteiger partial charge in [0, 0.05) is 0 Å². The number of carbonyl (C=O) groups excluding carboxylic acids is 1. The van der Waals surface area contributed by atoms with E-state index in [1.165, 1.54) is 12.7 Å². The zero-order valence-corrected chi connectivity index (χ0v) is 7.91. The second kappa shape index (κ2) is 3.18. The van der Waals surface area contributed by atoms with Gasteiger partial charge < -0.3 is 15.3 Å². The number of nitrogens with one attached hydrogen (secondary N) is 1. The second-order valence-corrected chi connectivity index (χ2v) is 3.13. The normalized spacial score (nSPS) is 10.6. The number of aromatic amines is 1. The fourth-order valence-corrected chi connectivity index (χ4v) is 1.39. The first-order chi connectivity index (χ1) is 6.68. The molecule has 0 aromatic carbocycles. The van der Waals surface area contributed by atoms with Crippen LogP contribution in [0.1, 0.15) is 0 Å². The van der Waals surface area contributed by atoms with E-state index in [1.807, 2.05) is 0 Å². The number of aromatic nitrogens is 4. The summed E-state index contributed by atoms with van der Waals surface area (Å²) in [5, 5.41) is 0. The van der Waals surface area contributed by atoms with Crippen molar-refractivity contribution in [3.8, 4) is 0 Å². The molecule has 6 nitrogen and oxygen atoms in total. The van der Waals surface area contributed by atoms with E-state index in [1.54, 1.807) is 4.57 Å². The maximum absolute atomic E-state index is 10.7. The molecule has 0 bridgehead atoms. The van der Waals surface area contributed by atoms with Crippen LogP contribution in [0.3, 0.4) is 0 Å². The number of amides is 1. The summed E-state index contributed by atoms with van der Waals surface area (Å²) in [6.45, 7) is 0.0752. The third kappa shape index (κ3) is 1.37. The lowest BCUT2D eigenvalue weighted by molar-refractivity contribution is -0.118. The number of nitrogens with zero attached hydrogens (tertiary/aromatic N) is 3. The molecule has 14 heavy (non-hydrogen) atoms. The Bertz CT molecular complexity index is 542. The lowest BCUT2D eigenvalue weighted by Gasteiger charge is -1.98. The molecule has 0 unspecified atom stereocenters. The van der Waals surface area contributed by atoms with Crippen LogP contribution in [0.5, 0.6) is 0 Å². The number of nitrogens with two attached hydrogens (primary N) is 1. The van der Waals surface area contributed by atoms with Crippen LogP contribution in [0.25, 0.3) is 11.2 Å². The van der Waals surface area contributed by atoms with Crippen molar-refractivity contribution in [3.63, 3.8) is 0 Å². The van der Waals surface area contributed by atoms with Gasteiger partial charge in [-0.2, -0.15) is 0 Å². The highest BCUT2D eigenvalue weighted by atomic mass is 32.1. The van der Waals surface area contributed by atoms with Crippen LogP contribution in [-0.2, 0) is 11.3 Å². The molecule has 7 heteroatoms. The van der Waals surface area contributed by atoms with Crippen LogP contribution < -0.4 is 5.73 Å². The molecule has 0 saturated carbocycles. The molecule has 0 aliphatic carbocycles. The van der Waals surface area contributed by atoms with Crippen LogP contribution in [0.4, 0.5) is 0 Å². The van der Waals surface area contributed by atoms with Crippen LogP contribution in [-0.4, -0.2) is 25.4 Å². The SMILES string of the molecule is NC(=O)Cn1cnc2c(=S)nc[nH]c21. The Morgan fingerprint density at radius 1 is 1.64 bits per heavy atom. The molecule has 2 aromatic heterocycles. The quantitative estimate of drug-likeness (QED) is 0.680. The number of hydrogen-bond acceptors (Lipinski definition) is 4. The van der Waals surface area contributed by atoms with Gasteiger partial charge in [-0.05, 0) is 0 Å². The van der Waals surface area contributed by atoms with Crippen molar-refractivity contribution in [1.82, 2.24) is 19.5 Å². The van der Waals surface area contributed by atoms with Crippen molar-refractivity contribution in [3.05, 3.63) is 17.3 Å². The fraction of sp³-hybridized carbons (Fsp3) is 0.143. The Morgan fingerprint density at radius 3 is 3.14 bits per heavy atom. The minimum absolute atomic E-state index is 0.0752. The maximum Gasteiger partial charge on any atom is 0.237 e. The van der Waals surface area contributed by atoms with E-state index < -0.39 is 5.91 Å². The predicted molar refractivity (Wildman–Crippen MR) is 51.9 cm³/mol. The van der Waals surface area contributed by atoms with Gasteiger partial charge in [0.1, 0.15) is 17.7 Å². The summed E-state index contributed by atoms with van der Waals surface area (Å²) in [6, 6.07) is 0. The number of primary amides is 1. The molecule has 2 aromatic rings. The van der Waals surface area contributed by atoms with Gasteiger partial charge in [-0.3, -0.25) is 4.79 Å². The summed E-state index contributed by atoms with van der Waals surface area (Å²) < 4.78 is 2.00. The molecular formula is C7H7N5OS. The summed E-state index contributed by atoms with van der Waals surface area (Å²) in [6.07, 6.45) is 2.97. The molecule has 3 N–H and O–H groups in total. The molecular weight excluding hydrogens is 202 g/mol. The smallest absolute Gasteiger partial charge is 0.237 e. The van der Waals surface area contributed by atoms with E-state index in [2.05, 4.69) is 15.0 Å². The van der Waals surface area contributed by atoms with Crippen LogP contribution in [0, 0.1) is 4.64 Å². The summed E-state index contributed by atoms with van der Waals surface area (Å²) in [5.41, 5.74) is 6.30. The van der Waals surface area contributed by atoms with Crippen LogP contribution >= 0.6 is 12.2 Å². The third-order valence-corrected chi connectivity index (χ3v) is 2.05. The highest BCUT2D eigenvalue weighted by molar-refractivity contribution is 7.71. The van der Waals surface area contributed by atoms with E-state index in [-0.39, 0.29) is 6.54 Å². The molecule has 0 atom stereocenters. The summed E-state index contributed by atoms with van der Waals surface area (Å²) in [4.78, 5) is 21.5. The summed E-state index contributed by atoms with van der Waals surface area (Å²) in [7, 11) is 0. The number of H-pyrrole nitrogens is 1. The molecule has 72 valence electrons. The number of carbonyl (C=O) groups is 1. The van der Waals surface area contributed by atoms with Gasteiger partial charge in [0.25, 0.3) is 0 Å². The van der Waals surface area contributed by atoms with Gasteiger partial charge in [0.05, 0.1) is 12.7 Å². The van der Waals surface area contributed by atoms with Gasteiger partial charge in [-0.1, -0.05) is 12.2 Å². The fourth-order valence-electron chi connectivity index (χ4n) is 1.19. The van der Waals surface area contributed by atoms with E-state index in [4.69, 9.17) is 18.0 Å². The van der Waals surface area contributed by atoms with Crippen molar-refractivity contribution < 1.29 is 4.79 Å². The minimum Gasteiger partial charge on any atom is -0.368 e. The lowest BCUT2D eigenvalue weighted by Crippen LogP contribution is -2.18. The lowest BCUT2D eigenvalue weighted by atomic mass is 10.5. The third-order valence-electron chi connectivity index (χ3n) is 1.75. The number of rotatable bonds is 2. The zero-order valence-electron chi connectivity index (χ0n) is 7.10. The van der Waals surface area contributed by atoms with Gasteiger partial charge in [0.15, 0.2) is 4.64 Å². The Hall–Kier alpha value is -1.76. The van der Waals surface area contributed by atoms with E-state index in [9.17, 15) is 4.79 Å². The largest absolute Gasteiger partial charge is 0.368 e. The molecule has 0 radical (unpaired) electrons. The Kier molecular flexibility index (Phi) is 2.01. The molecule has 1 amide bonds. The predicted octanol–water partition coefficient (Wildman–Crippen LogP) is -0.0258. The molecule has 2 rings (SSSR count). The van der Waals surface area contributed by atoms with E-state index in [0.717, 1.165) is 0 Å². The number of hydrogen-bond donors (Lipinski definition) is 2. The van der Waals surface area contributed by atoms with Crippen molar-refractivity contribution in [2.45, 2.75) is 6.54 Å². The Morgan fingerprint density at radius 2 is 2.43 bits per heavy atom. The first-order valence-electron chi connectivity index (χ1n) is 3.85. The second-order valence-electron chi connectivity index (χ2n) is 2.74. The number of fused-ring (bicyclic) bond motifs is 1. The molecule has 0 aliphatic heterocycles. The molecule has 0 aliphatic rings. The highest BCUT2D eigenvalue weighted by Gasteiger charge is 2.05. The van der Waals surface area contributed by atoms with Gasteiger partial charge in [0.2, 0.25) is 5.91 Å². The first kappa shape index (κ1) is 8.82. The van der Waals surface area contributed by atoms with E-state index in [0.29, 0.717) is 15.8 Å². The molecule has 0 saturated heterocycles. The molecule has 0 fully saturated rings. The minimum atomic E-state index is -0.430. The monoisotopic (exact) mass is 209 g/mol. The van der Waals surface area contributed by atoms with E-state index >= 15 is 0 Å². The van der Waals surface area contributed by atoms with Crippen molar-refractivity contribution in [2.75, 3.05) is 0 Å². The van der Waals surface area contributed by atoms with Crippen molar-refractivity contribution in [1.29, 1.82) is 0 Å². The topological polar surface area (TPSA) is 89.6 Å². The Balaban J connectivity index is 2.64. The zero-order chi connectivity index (χ0) is 10.1. The average molecular weight is 209 g/mol. The molecule has 2 heterocycles. The van der Waals surface area contributed by atoms with Crippen LogP contribution in [0.2, 0.25) is 0 Å². The van der Waals surface area contributed by atoms with Crippen molar-refractivity contribution >= 4 is 29.3 Å². The van der Waals surface area contributed by atoms with Gasteiger partial charge in [-0.15, -0.1) is 0 Å². The summed E-state index contributed by atoms with van der Waals surface area (Å²) >= 11 is 4.96. The van der Waals surface area contributed by atoms with Crippen molar-refractivity contribution in [2.24, 2.45) is 5.73 Å². The number of imidazole rings is 1. The van der Waals surface area contributed by atoms with Crippen LogP contribution in [0.15, 0.2) is 12.7 Å². The van der Waals surface area contributed by atoms with Gasteiger partial charge in [-0.25, -0.2) is 9.97 Å². The highest BCUT2D eigenvalue weighted by Crippen LogP contribution is 2.08.